The van der Waals surface area contributed by atoms with Crippen molar-refractivity contribution in [1.29, 1.82) is 0 Å². The van der Waals surface area contributed by atoms with E-state index in [0.29, 0.717) is 13.0 Å². The van der Waals surface area contributed by atoms with Crippen molar-refractivity contribution in [2.45, 2.75) is 45.1 Å². The molecule has 0 radical (unpaired) electrons. The molecule has 2 rings (SSSR count). The fourth-order valence-corrected chi connectivity index (χ4v) is 3.15. The molecule has 0 bridgehead atoms. The van der Waals surface area contributed by atoms with E-state index < -0.39 is 30.1 Å². The minimum Gasteiger partial charge on any atom is -0.338 e. The molecule has 22 heavy (non-hydrogen) atoms. The summed E-state index contributed by atoms with van der Waals surface area (Å²) in [4.78, 5) is 48.6. The maximum Gasteiger partial charge on any atom is 0.325 e. The number of nitrogens with one attached hydrogen (secondary N) is 3. The Bertz CT molecular complexity index is 507. The van der Waals surface area contributed by atoms with Crippen molar-refractivity contribution in [1.82, 2.24) is 20.9 Å². The van der Waals surface area contributed by atoms with Gasteiger partial charge in [0.25, 0.3) is 5.91 Å². The summed E-state index contributed by atoms with van der Waals surface area (Å²) in [6.07, 6.45) is 3.36. The maximum absolute atomic E-state index is 12.6. The summed E-state index contributed by atoms with van der Waals surface area (Å²) in [6.45, 7) is 3.59. The second kappa shape index (κ2) is 6.33. The van der Waals surface area contributed by atoms with Gasteiger partial charge in [0.2, 0.25) is 5.91 Å². The summed E-state index contributed by atoms with van der Waals surface area (Å²) in [6, 6.07) is -1.20. The molecule has 8 heteroatoms. The number of imide groups is 2. The fraction of sp³-hybridized carbons (Fsp3) is 0.714. The topological polar surface area (TPSA) is 108 Å². The first-order valence-corrected chi connectivity index (χ1v) is 7.62. The van der Waals surface area contributed by atoms with Crippen molar-refractivity contribution in [3.63, 3.8) is 0 Å². The van der Waals surface area contributed by atoms with Gasteiger partial charge in [-0.2, -0.15) is 0 Å². The molecule has 1 aliphatic heterocycles. The molecule has 2 aliphatic rings. The normalized spacial score (nSPS) is 27.7. The van der Waals surface area contributed by atoms with Crippen molar-refractivity contribution in [3.8, 4) is 0 Å². The minimum atomic E-state index is -0.888. The molecule has 1 spiro atoms. The van der Waals surface area contributed by atoms with Gasteiger partial charge in [0.05, 0.1) is 0 Å². The van der Waals surface area contributed by atoms with Crippen LogP contribution in [0.25, 0.3) is 0 Å². The van der Waals surface area contributed by atoms with E-state index in [0.717, 1.165) is 24.2 Å². The zero-order chi connectivity index (χ0) is 16.3. The minimum absolute atomic E-state index is 0.0363. The van der Waals surface area contributed by atoms with Gasteiger partial charge in [-0.05, 0) is 25.7 Å². The highest BCUT2D eigenvalue weighted by molar-refractivity contribution is 6.10. The number of amides is 6. The van der Waals surface area contributed by atoms with Gasteiger partial charge in [0, 0.05) is 6.54 Å². The summed E-state index contributed by atoms with van der Waals surface area (Å²) in [5.74, 6) is -1.01. The van der Waals surface area contributed by atoms with E-state index in [9.17, 15) is 19.2 Å². The Balaban J connectivity index is 2.03. The van der Waals surface area contributed by atoms with Crippen LogP contribution in [-0.2, 0) is 9.59 Å². The van der Waals surface area contributed by atoms with Crippen molar-refractivity contribution >= 4 is 23.9 Å². The Hall–Kier alpha value is -2.12. The van der Waals surface area contributed by atoms with Crippen LogP contribution in [0.2, 0.25) is 0 Å². The standard InChI is InChI=1S/C14H22N4O4/c1-3-15-12(21)16-10(19)8-18-11(20)14(17-13(18)22)7-5-4-6-9(14)2/h9H,3-8H2,1-2H3,(H,17,22)(H2,15,16,19,21). The SMILES string of the molecule is CCNC(=O)NC(=O)CN1C(=O)NC2(CCCCC2C)C1=O. The van der Waals surface area contributed by atoms with Crippen molar-refractivity contribution in [3.05, 3.63) is 0 Å². The average Bonchev–Trinajstić information content (AvgIpc) is 2.68. The highest BCUT2D eigenvalue weighted by Gasteiger charge is 2.55. The molecule has 1 aliphatic carbocycles. The highest BCUT2D eigenvalue weighted by Crippen LogP contribution is 2.37. The van der Waals surface area contributed by atoms with E-state index in [-0.39, 0.29) is 11.8 Å². The van der Waals surface area contributed by atoms with Gasteiger partial charge < -0.3 is 10.6 Å². The number of urea groups is 2. The van der Waals surface area contributed by atoms with Crippen LogP contribution in [0.15, 0.2) is 0 Å². The van der Waals surface area contributed by atoms with Crippen molar-refractivity contribution < 1.29 is 19.2 Å². The molecule has 2 fully saturated rings. The Kier molecular flexibility index (Phi) is 4.68. The Morgan fingerprint density at radius 1 is 1.36 bits per heavy atom. The second-order valence-electron chi connectivity index (χ2n) is 5.85. The van der Waals surface area contributed by atoms with Gasteiger partial charge in [-0.3, -0.25) is 19.8 Å². The molecule has 8 nitrogen and oxygen atoms in total. The first-order chi connectivity index (χ1) is 10.4. The molecule has 3 N–H and O–H groups in total. The van der Waals surface area contributed by atoms with E-state index in [4.69, 9.17) is 0 Å². The zero-order valence-electron chi connectivity index (χ0n) is 12.9. The quantitative estimate of drug-likeness (QED) is 0.653. The van der Waals surface area contributed by atoms with E-state index in [1.807, 2.05) is 6.92 Å². The van der Waals surface area contributed by atoms with E-state index in [2.05, 4.69) is 16.0 Å². The van der Waals surface area contributed by atoms with Crippen LogP contribution in [0.3, 0.4) is 0 Å². The molecule has 1 saturated carbocycles. The van der Waals surface area contributed by atoms with Crippen LogP contribution in [0.5, 0.6) is 0 Å². The highest BCUT2D eigenvalue weighted by atomic mass is 16.2. The third-order valence-electron chi connectivity index (χ3n) is 4.39. The third-order valence-corrected chi connectivity index (χ3v) is 4.39. The zero-order valence-corrected chi connectivity index (χ0v) is 12.9. The summed E-state index contributed by atoms with van der Waals surface area (Å²) in [7, 11) is 0. The van der Waals surface area contributed by atoms with Crippen LogP contribution in [0, 0.1) is 5.92 Å². The predicted molar refractivity (Wildman–Crippen MR) is 77.8 cm³/mol. The lowest BCUT2D eigenvalue weighted by molar-refractivity contribution is -0.137. The number of rotatable bonds is 3. The van der Waals surface area contributed by atoms with Crippen LogP contribution < -0.4 is 16.0 Å². The molecule has 2 unspecified atom stereocenters. The largest absolute Gasteiger partial charge is 0.338 e. The molecular formula is C14H22N4O4. The number of nitrogens with zero attached hydrogens (tertiary/aromatic N) is 1. The van der Waals surface area contributed by atoms with Crippen LogP contribution in [0.1, 0.15) is 39.5 Å². The monoisotopic (exact) mass is 310 g/mol. The van der Waals surface area contributed by atoms with Crippen LogP contribution in [-0.4, -0.2) is 47.4 Å². The Morgan fingerprint density at radius 2 is 2.09 bits per heavy atom. The fourth-order valence-electron chi connectivity index (χ4n) is 3.15. The third kappa shape index (κ3) is 2.90. The van der Waals surface area contributed by atoms with Crippen LogP contribution >= 0.6 is 0 Å². The van der Waals surface area contributed by atoms with Gasteiger partial charge in [0.15, 0.2) is 0 Å². The van der Waals surface area contributed by atoms with Crippen molar-refractivity contribution in [2.75, 3.05) is 13.1 Å². The lowest BCUT2D eigenvalue weighted by atomic mass is 9.73. The molecule has 1 heterocycles. The lowest BCUT2D eigenvalue weighted by Gasteiger charge is -2.36. The van der Waals surface area contributed by atoms with Gasteiger partial charge in [-0.25, -0.2) is 9.59 Å². The molecular weight excluding hydrogens is 288 g/mol. The number of carbonyl (C=O) groups excluding carboxylic acids is 4. The summed E-state index contributed by atoms with van der Waals surface area (Å²) < 4.78 is 0. The molecule has 2 atom stereocenters. The summed E-state index contributed by atoms with van der Waals surface area (Å²) >= 11 is 0. The molecule has 0 aromatic heterocycles. The van der Waals surface area contributed by atoms with Gasteiger partial charge >= 0.3 is 12.1 Å². The Morgan fingerprint density at radius 3 is 2.73 bits per heavy atom. The predicted octanol–water partition coefficient (Wildman–Crippen LogP) is 0.333. The smallest absolute Gasteiger partial charge is 0.325 e. The second-order valence-corrected chi connectivity index (χ2v) is 5.85. The van der Waals surface area contributed by atoms with E-state index in [1.54, 1.807) is 6.92 Å². The first-order valence-electron chi connectivity index (χ1n) is 7.62. The lowest BCUT2D eigenvalue weighted by Crippen LogP contribution is -2.54. The van der Waals surface area contributed by atoms with Crippen molar-refractivity contribution in [2.24, 2.45) is 5.92 Å². The number of carbonyl (C=O) groups is 4. The molecule has 122 valence electrons. The van der Waals surface area contributed by atoms with E-state index >= 15 is 0 Å². The number of hydrogen-bond donors (Lipinski definition) is 3. The van der Waals surface area contributed by atoms with Gasteiger partial charge in [0.1, 0.15) is 12.1 Å². The van der Waals surface area contributed by atoms with Gasteiger partial charge in [-0.15, -0.1) is 0 Å². The van der Waals surface area contributed by atoms with Crippen LogP contribution in [0.4, 0.5) is 9.59 Å². The number of hydrogen-bond acceptors (Lipinski definition) is 4. The average molecular weight is 310 g/mol. The van der Waals surface area contributed by atoms with E-state index in [1.165, 1.54) is 0 Å². The van der Waals surface area contributed by atoms with Gasteiger partial charge in [-0.1, -0.05) is 19.8 Å². The Labute approximate surface area is 129 Å². The summed E-state index contributed by atoms with van der Waals surface area (Å²) in [5.41, 5.74) is -0.888. The molecule has 0 aromatic carbocycles. The molecule has 0 aromatic rings. The molecule has 6 amide bonds. The first kappa shape index (κ1) is 16.3. The summed E-state index contributed by atoms with van der Waals surface area (Å²) in [5, 5.41) is 7.26. The maximum atomic E-state index is 12.6. The molecule has 1 saturated heterocycles.